The molecule has 0 aliphatic rings. The van der Waals surface area contributed by atoms with Gasteiger partial charge in [-0.05, 0) is 48.5 Å². The van der Waals surface area contributed by atoms with Crippen LogP contribution in [-0.2, 0) is 0 Å². The van der Waals surface area contributed by atoms with Crippen LogP contribution in [-0.4, -0.2) is 11.6 Å². The molecule has 4 heteroatoms. The van der Waals surface area contributed by atoms with Crippen molar-refractivity contribution in [2.75, 3.05) is 0 Å². The van der Waals surface area contributed by atoms with Crippen molar-refractivity contribution < 1.29 is 9.59 Å². The molecule has 0 fully saturated rings. The van der Waals surface area contributed by atoms with Gasteiger partial charge in [-0.3, -0.25) is 9.59 Å². The van der Waals surface area contributed by atoms with Gasteiger partial charge in [0.15, 0.2) is 11.6 Å². The maximum Gasteiger partial charge on any atom is 0.193 e. The van der Waals surface area contributed by atoms with E-state index in [9.17, 15) is 9.59 Å². The summed E-state index contributed by atoms with van der Waals surface area (Å²) in [5.41, 5.74) is 2.35. The van der Waals surface area contributed by atoms with E-state index < -0.39 is 0 Å². The molecule has 0 unspecified atom stereocenters. The first-order valence-electron chi connectivity index (χ1n) is 7.25. The molecule has 0 heterocycles. The quantitative estimate of drug-likeness (QED) is 0.486. The van der Waals surface area contributed by atoms with Crippen molar-refractivity contribution in [2.24, 2.45) is 0 Å². The molecule has 0 bridgehead atoms. The van der Waals surface area contributed by atoms with Gasteiger partial charge >= 0.3 is 0 Å². The van der Waals surface area contributed by atoms with E-state index in [-0.39, 0.29) is 11.6 Å². The van der Waals surface area contributed by atoms with Gasteiger partial charge in [0.2, 0.25) is 0 Å². The third kappa shape index (κ3) is 3.71. The predicted molar refractivity (Wildman–Crippen MR) is 102 cm³/mol. The molecule has 0 N–H and O–H groups in total. The van der Waals surface area contributed by atoms with Crippen molar-refractivity contribution in [3.8, 4) is 0 Å². The van der Waals surface area contributed by atoms with Crippen molar-refractivity contribution in [3.05, 3.63) is 104 Å². The standard InChI is InChI=1S/C20H12Br2O2/c21-17-9-5-15(6-10-17)19(23)13-1-2-14(4-3-13)20(24)16-7-11-18(22)12-8-16/h1-12H. The fourth-order valence-corrected chi connectivity index (χ4v) is 2.84. The summed E-state index contributed by atoms with van der Waals surface area (Å²) in [6.07, 6.45) is 0. The van der Waals surface area contributed by atoms with Crippen LogP contribution in [0.15, 0.2) is 81.7 Å². The zero-order valence-electron chi connectivity index (χ0n) is 12.5. The van der Waals surface area contributed by atoms with Gasteiger partial charge in [-0.2, -0.15) is 0 Å². The third-order valence-electron chi connectivity index (χ3n) is 3.62. The third-order valence-corrected chi connectivity index (χ3v) is 4.68. The first kappa shape index (κ1) is 16.8. The number of benzene rings is 3. The Morgan fingerprint density at radius 2 is 0.667 bits per heavy atom. The summed E-state index contributed by atoms with van der Waals surface area (Å²) in [6, 6.07) is 21.2. The summed E-state index contributed by atoms with van der Waals surface area (Å²) in [5, 5.41) is 0. The SMILES string of the molecule is O=C(c1ccc(Br)cc1)c1ccc(C(=O)c2ccc(Br)cc2)cc1. The van der Waals surface area contributed by atoms with E-state index in [2.05, 4.69) is 31.9 Å². The molecule has 0 radical (unpaired) electrons. The molecular weight excluding hydrogens is 432 g/mol. The molecule has 0 atom stereocenters. The lowest BCUT2D eigenvalue weighted by Crippen LogP contribution is -2.04. The van der Waals surface area contributed by atoms with Crippen LogP contribution in [0.3, 0.4) is 0 Å². The van der Waals surface area contributed by atoms with Crippen LogP contribution in [0.5, 0.6) is 0 Å². The maximum absolute atomic E-state index is 12.4. The fourth-order valence-electron chi connectivity index (χ4n) is 2.31. The van der Waals surface area contributed by atoms with Gasteiger partial charge in [0.1, 0.15) is 0 Å². The average Bonchev–Trinajstić information content (AvgIpc) is 2.62. The zero-order chi connectivity index (χ0) is 17.1. The molecule has 0 aliphatic heterocycles. The Bertz CT molecular complexity index is 804. The van der Waals surface area contributed by atoms with Gasteiger partial charge in [0.05, 0.1) is 0 Å². The number of hydrogen-bond acceptors (Lipinski definition) is 2. The van der Waals surface area contributed by atoms with Gasteiger partial charge in [0, 0.05) is 31.2 Å². The van der Waals surface area contributed by atoms with Crippen LogP contribution in [0.4, 0.5) is 0 Å². The number of hydrogen-bond donors (Lipinski definition) is 0. The molecule has 3 rings (SSSR count). The average molecular weight is 444 g/mol. The van der Waals surface area contributed by atoms with Crippen molar-refractivity contribution in [1.82, 2.24) is 0 Å². The molecular formula is C20H12Br2O2. The van der Waals surface area contributed by atoms with Gasteiger partial charge in [-0.25, -0.2) is 0 Å². The second-order valence-corrected chi connectivity index (χ2v) is 7.08. The smallest absolute Gasteiger partial charge is 0.193 e. The normalized spacial score (nSPS) is 10.4. The number of ketones is 2. The summed E-state index contributed by atoms with van der Waals surface area (Å²) >= 11 is 6.70. The minimum absolute atomic E-state index is 0.0647. The fraction of sp³-hybridized carbons (Fsp3) is 0. The summed E-state index contributed by atoms with van der Waals surface area (Å²) < 4.78 is 1.85. The minimum Gasteiger partial charge on any atom is -0.289 e. The number of carbonyl (C=O) groups excluding carboxylic acids is 2. The molecule has 3 aromatic carbocycles. The summed E-state index contributed by atoms with van der Waals surface area (Å²) in [6.45, 7) is 0. The largest absolute Gasteiger partial charge is 0.289 e. The first-order valence-corrected chi connectivity index (χ1v) is 8.84. The highest BCUT2D eigenvalue weighted by Gasteiger charge is 2.12. The Morgan fingerprint density at radius 3 is 0.917 bits per heavy atom. The van der Waals surface area contributed by atoms with Gasteiger partial charge < -0.3 is 0 Å². The lowest BCUT2D eigenvalue weighted by atomic mass is 9.99. The second-order valence-electron chi connectivity index (χ2n) is 5.25. The van der Waals surface area contributed by atoms with Crippen LogP contribution < -0.4 is 0 Å². The molecule has 24 heavy (non-hydrogen) atoms. The highest BCUT2D eigenvalue weighted by atomic mass is 79.9. The van der Waals surface area contributed by atoms with Gasteiger partial charge in [-0.1, -0.05) is 56.1 Å². The van der Waals surface area contributed by atoms with Crippen LogP contribution in [0.2, 0.25) is 0 Å². The van der Waals surface area contributed by atoms with E-state index in [0.717, 1.165) is 8.95 Å². The van der Waals surface area contributed by atoms with Crippen LogP contribution in [0, 0.1) is 0 Å². The molecule has 0 saturated carbocycles. The molecule has 118 valence electrons. The Morgan fingerprint density at radius 1 is 0.458 bits per heavy atom. The number of carbonyl (C=O) groups is 2. The van der Waals surface area contributed by atoms with Crippen molar-refractivity contribution >= 4 is 43.4 Å². The molecule has 0 aliphatic carbocycles. The van der Waals surface area contributed by atoms with Gasteiger partial charge in [0.25, 0.3) is 0 Å². The Balaban J connectivity index is 1.82. The minimum atomic E-state index is -0.0647. The van der Waals surface area contributed by atoms with E-state index in [4.69, 9.17) is 0 Å². The van der Waals surface area contributed by atoms with E-state index in [1.54, 1.807) is 48.5 Å². The number of halogens is 2. The van der Waals surface area contributed by atoms with Crippen molar-refractivity contribution in [2.45, 2.75) is 0 Å². The highest BCUT2D eigenvalue weighted by Crippen LogP contribution is 2.17. The van der Waals surface area contributed by atoms with Crippen molar-refractivity contribution in [3.63, 3.8) is 0 Å². The summed E-state index contributed by atoms with van der Waals surface area (Å²) in [4.78, 5) is 24.9. The Kier molecular flexibility index (Phi) is 5.07. The molecule has 0 amide bonds. The molecule has 3 aromatic rings. The molecule has 2 nitrogen and oxygen atoms in total. The van der Waals surface area contributed by atoms with Crippen LogP contribution in [0.1, 0.15) is 31.8 Å². The van der Waals surface area contributed by atoms with Crippen LogP contribution >= 0.6 is 31.9 Å². The van der Waals surface area contributed by atoms with E-state index in [1.807, 2.05) is 24.3 Å². The lowest BCUT2D eigenvalue weighted by molar-refractivity contribution is 0.102. The predicted octanol–water partition coefficient (Wildman–Crippen LogP) is 5.67. The van der Waals surface area contributed by atoms with Crippen molar-refractivity contribution in [1.29, 1.82) is 0 Å². The first-order chi connectivity index (χ1) is 11.5. The topological polar surface area (TPSA) is 34.1 Å². The monoisotopic (exact) mass is 442 g/mol. The zero-order valence-corrected chi connectivity index (χ0v) is 15.7. The number of rotatable bonds is 4. The summed E-state index contributed by atoms with van der Waals surface area (Å²) in [5.74, 6) is -0.129. The highest BCUT2D eigenvalue weighted by molar-refractivity contribution is 9.10. The molecule has 0 spiro atoms. The lowest BCUT2D eigenvalue weighted by Gasteiger charge is -2.04. The van der Waals surface area contributed by atoms with E-state index in [1.165, 1.54) is 0 Å². The molecule has 0 aromatic heterocycles. The van der Waals surface area contributed by atoms with Gasteiger partial charge in [-0.15, -0.1) is 0 Å². The van der Waals surface area contributed by atoms with E-state index in [0.29, 0.717) is 22.3 Å². The summed E-state index contributed by atoms with van der Waals surface area (Å²) in [7, 11) is 0. The Labute approximate surface area is 156 Å². The van der Waals surface area contributed by atoms with Crippen LogP contribution in [0.25, 0.3) is 0 Å². The Hall–Kier alpha value is -2.04. The van der Waals surface area contributed by atoms with E-state index >= 15 is 0 Å². The molecule has 0 saturated heterocycles. The maximum atomic E-state index is 12.4. The second kappa shape index (κ2) is 7.24.